The summed E-state index contributed by atoms with van der Waals surface area (Å²) in [6.07, 6.45) is 3.63. The molecule has 0 heterocycles. The number of ether oxygens (including phenoxy) is 3. The lowest BCUT2D eigenvalue weighted by atomic mass is 10.4. The first-order chi connectivity index (χ1) is 10.3. The summed E-state index contributed by atoms with van der Waals surface area (Å²) in [4.78, 5) is 6.37. The van der Waals surface area contributed by atoms with Crippen LogP contribution in [0.1, 0.15) is 19.3 Å². The minimum atomic E-state index is 0.651. The van der Waals surface area contributed by atoms with Crippen molar-refractivity contribution in [3.8, 4) is 0 Å². The zero-order valence-corrected chi connectivity index (χ0v) is 13.8. The Morgan fingerprint density at radius 3 is 2.67 bits per heavy atom. The Bertz CT molecular complexity index is 283. The summed E-state index contributed by atoms with van der Waals surface area (Å²) in [7, 11) is 5.52. The normalized spacial score (nSPS) is 15.3. The molecule has 6 nitrogen and oxygen atoms in total. The maximum Gasteiger partial charge on any atom is 0.193 e. The summed E-state index contributed by atoms with van der Waals surface area (Å²) in [6.45, 7) is 5.43. The highest BCUT2D eigenvalue weighted by molar-refractivity contribution is 5.79. The molecule has 0 amide bonds. The van der Waals surface area contributed by atoms with E-state index in [0.717, 1.165) is 51.2 Å². The Balaban J connectivity index is 1.98. The second-order valence-corrected chi connectivity index (χ2v) is 5.37. The van der Waals surface area contributed by atoms with E-state index in [2.05, 4.69) is 15.2 Å². The van der Waals surface area contributed by atoms with Gasteiger partial charge in [0.15, 0.2) is 5.96 Å². The van der Waals surface area contributed by atoms with Crippen LogP contribution >= 0.6 is 0 Å². The van der Waals surface area contributed by atoms with Gasteiger partial charge in [-0.25, -0.2) is 0 Å². The first-order valence-electron chi connectivity index (χ1n) is 7.84. The Kier molecular flexibility index (Phi) is 10.2. The monoisotopic (exact) mass is 301 g/mol. The maximum atomic E-state index is 5.65. The van der Waals surface area contributed by atoms with Crippen LogP contribution in [-0.4, -0.2) is 78.2 Å². The summed E-state index contributed by atoms with van der Waals surface area (Å²) in [5.74, 6) is 1.73. The summed E-state index contributed by atoms with van der Waals surface area (Å²) < 4.78 is 16.0. The van der Waals surface area contributed by atoms with Gasteiger partial charge in [0.05, 0.1) is 19.8 Å². The number of hydrogen-bond donors (Lipinski definition) is 1. The minimum absolute atomic E-state index is 0.651. The molecule has 1 rings (SSSR count). The number of nitrogens with one attached hydrogen (secondary N) is 1. The fourth-order valence-electron chi connectivity index (χ4n) is 1.85. The van der Waals surface area contributed by atoms with Gasteiger partial charge in [0.1, 0.15) is 0 Å². The quantitative estimate of drug-likeness (QED) is 0.331. The highest BCUT2D eigenvalue weighted by Gasteiger charge is 2.21. The van der Waals surface area contributed by atoms with E-state index in [-0.39, 0.29) is 0 Å². The van der Waals surface area contributed by atoms with Crippen molar-refractivity contribution in [3.63, 3.8) is 0 Å². The lowest BCUT2D eigenvalue weighted by Gasteiger charge is -2.22. The second kappa shape index (κ2) is 11.8. The van der Waals surface area contributed by atoms with Gasteiger partial charge >= 0.3 is 0 Å². The molecule has 0 bridgehead atoms. The molecule has 1 saturated carbocycles. The van der Waals surface area contributed by atoms with E-state index in [1.165, 1.54) is 12.8 Å². The maximum absolute atomic E-state index is 5.65. The number of nitrogens with zero attached hydrogens (tertiary/aromatic N) is 2. The number of rotatable bonds is 12. The molecule has 0 saturated heterocycles. The van der Waals surface area contributed by atoms with Gasteiger partial charge in [-0.2, -0.15) is 0 Å². The first-order valence-corrected chi connectivity index (χ1v) is 7.84. The van der Waals surface area contributed by atoms with Gasteiger partial charge in [0.25, 0.3) is 0 Å². The lowest BCUT2D eigenvalue weighted by molar-refractivity contribution is 0.0698. The van der Waals surface area contributed by atoms with Gasteiger partial charge < -0.3 is 24.4 Å². The third kappa shape index (κ3) is 9.66. The summed E-state index contributed by atoms with van der Waals surface area (Å²) >= 11 is 0. The summed E-state index contributed by atoms with van der Waals surface area (Å²) in [6, 6.07) is 0. The minimum Gasteiger partial charge on any atom is -0.382 e. The Labute approximate surface area is 128 Å². The smallest absolute Gasteiger partial charge is 0.193 e. The molecule has 0 unspecified atom stereocenters. The molecule has 1 fully saturated rings. The standard InChI is InChI=1S/C15H31N3O3/c1-16-15(17-7-4-9-20-12-11-19-3)18(2)8-10-21-13-14-5-6-14/h14H,4-13H2,1-3H3,(H,16,17). The Hall–Kier alpha value is -0.850. The average Bonchev–Trinajstić information content (AvgIpc) is 3.30. The van der Waals surface area contributed by atoms with Crippen molar-refractivity contribution >= 4 is 5.96 Å². The van der Waals surface area contributed by atoms with Gasteiger partial charge in [-0.05, 0) is 25.2 Å². The van der Waals surface area contributed by atoms with Crippen molar-refractivity contribution in [2.45, 2.75) is 19.3 Å². The molecule has 0 aromatic carbocycles. The number of methoxy groups -OCH3 is 1. The molecule has 0 atom stereocenters. The Morgan fingerprint density at radius 1 is 1.19 bits per heavy atom. The predicted octanol–water partition coefficient (Wildman–Crippen LogP) is 0.973. The molecule has 0 aliphatic heterocycles. The molecule has 0 aromatic rings. The van der Waals surface area contributed by atoms with E-state index in [4.69, 9.17) is 14.2 Å². The molecule has 0 radical (unpaired) electrons. The van der Waals surface area contributed by atoms with Gasteiger partial charge in [-0.3, -0.25) is 4.99 Å². The number of hydrogen-bond acceptors (Lipinski definition) is 4. The number of aliphatic imine (C=N–C) groups is 1. The van der Waals surface area contributed by atoms with Crippen LogP contribution in [0.2, 0.25) is 0 Å². The molecule has 6 heteroatoms. The van der Waals surface area contributed by atoms with Crippen LogP contribution in [0.15, 0.2) is 4.99 Å². The number of guanidine groups is 1. The third-order valence-electron chi connectivity index (χ3n) is 3.38. The van der Waals surface area contributed by atoms with Crippen LogP contribution in [0.25, 0.3) is 0 Å². The fourth-order valence-corrected chi connectivity index (χ4v) is 1.85. The molecule has 1 aliphatic rings. The highest BCUT2D eigenvalue weighted by Crippen LogP contribution is 2.28. The van der Waals surface area contributed by atoms with E-state index in [1.54, 1.807) is 14.2 Å². The van der Waals surface area contributed by atoms with Crippen molar-refractivity contribution in [2.24, 2.45) is 10.9 Å². The van der Waals surface area contributed by atoms with Gasteiger partial charge in [-0.15, -0.1) is 0 Å². The van der Waals surface area contributed by atoms with Crippen molar-refractivity contribution in [1.29, 1.82) is 0 Å². The van der Waals surface area contributed by atoms with Crippen molar-refractivity contribution < 1.29 is 14.2 Å². The number of likely N-dealkylation sites (N-methyl/N-ethyl adjacent to an activating group) is 1. The summed E-state index contributed by atoms with van der Waals surface area (Å²) in [5.41, 5.74) is 0. The SMILES string of the molecule is CN=C(NCCCOCCOC)N(C)CCOCC1CC1. The van der Waals surface area contributed by atoms with E-state index < -0.39 is 0 Å². The predicted molar refractivity (Wildman–Crippen MR) is 84.8 cm³/mol. The fraction of sp³-hybridized carbons (Fsp3) is 0.933. The van der Waals surface area contributed by atoms with E-state index >= 15 is 0 Å². The first kappa shape index (κ1) is 18.2. The van der Waals surface area contributed by atoms with Crippen molar-refractivity contribution in [1.82, 2.24) is 10.2 Å². The molecular weight excluding hydrogens is 270 g/mol. The average molecular weight is 301 g/mol. The van der Waals surface area contributed by atoms with Crippen LogP contribution in [-0.2, 0) is 14.2 Å². The largest absolute Gasteiger partial charge is 0.382 e. The molecule has 1 N–H and O–H groups in total. The molecule has 1 aliphatic carbocycles. The third-order valence-corrected chi connectivity index (χ3v) is 3.38. The molecule has 0 spiro atoms. The Morgan fingerprint density at radius 2 is 2.00 bits per heavy atom. The highest BCUT2D eigenvalue weighted by atomic mass is 16.5. The van der Waals surface area contributed by atoms with E-state index in [1.807, 2.05) is 7.05 Å². The van der Waals surface area contributed by atoms with Crippen LogP contribution in [0.5, 0.6) is 0 Å². The summed E-state index contributed by atoms with van der Waals surface area (Å²) in [5, 5.41) is 3.33. The van der Waals surface area contributed by atoms with Gasteiger partial charge in [0, 0.05) is 47.5 Å². The van der Waals surface area contributed by atoms with Crippen LogP contribution in [0.4, 0.5) is 0 Å². The van der Waals surface area contributed by atoms with Gasteiger partial charge in [-0.1, -0.05) is 0 Å². The zero-order valence-electron chi connectivity index (χ0n) is 13.8. The van der Waals surface area contributed by atoms with Crippen molar-refractivity contribution in [3.05, 3.63) is 0 Å². The molecule has 124 valence electrons. The molecule has 21 heavy (non-hydrogen) atoms. The molecular formula is C15H31N3O3. The van der Waals surface area contributed by atoms with Gasteiger partial charge in [0.2, 0.25) is 0 Å². The van der Waals surface area contributed by atoms with E-state index in [0.29, 0.717) is 13.2 Å². The lowest BCUT2D eigenvalue weighted by Crippen LogP contribution is -2.41. The van der Waals surface area contributed by atoms with E-state index in [9.17, 15) is 0 Å². The zero-order chi connectivity index (χ0) is 15.3. The van der Waals surface area contributed by atoms with Crippen LogP contribution < -0.4 is 5.32 Å². The van der Waals surface area contributed by atoms with Crippen LogP contribution in [0.3, 0.4) is 0 Å². The topological polar surface area (TPSA) is 55.3 Å². The van der Waals surface area contributed by atoms with Crippen LogP contribution in [0, 0.1) is 5.92 Å². The van der Waals surface area contributed by atoms with Crippen molar-refractivity contribution in [2.75, 3.05) is 67.3 Å². The molecule has 0 aromatic heterocycles. The second-order valence-electron chi connectivity index (χ2n) is 5.37.